The van der Waals surface area contributed by atoms with Crippen molar-refractivity contribution in [3.8, 4) is 5.69 Å². The SMILES string of the molecule is NCc1cc(C(F)(F)F)nn1-c1cc(F)cc(F)c1. The Kier molecular flexibility index (Phi) is 3.27. The zero-order chi connectivity index (χ0) is 14.2. The van der Waals surface area contributed by atoms with Crippen LogP contribution >= 0.6 is 0 Å². The minimum Gasteiger partial charge on any atom is -0.325 e. The molecule has 0 amide bonds. The highest BCUT2D eigenvalue weighted by Crippen LogP contribution is 2.29. The van der Waals surface area contributed by atoms with Crippen LogP contribution in [0.1, 0.15) is 11.4 Å². The lowest BCUT2D eigenvalue weighted by atomic mass is 10.3. The molecule has 0 aliphatic rings. The first kappa shape index (κ1) is 13.5. The highest BCUT2D eigenvalue weighted by molar-refractivity contribution is 5.35. The van der Waals surface area contributed by atoms with Crippen molar-refractivity contribution in [3.63, 3.8) is 0 Å². The van der Waals surface area contributed by atoms with Crippen LogP contribution in [0.2, 0.25) is 0 Å². The van der Waals surface area contributed by atoms with Crippen LogP contribution in [0.15, 0.2) is 24.3 Å². The van der Waals surface area contributed by atoms with Crippen molar-refractivity contribution in [3.05, 3.63) is 47.3 Å². The monoisotopic (exact) mass is 277 g/mol. The van der Waals surface area contributed by atoms with Gasteiger partial charge in [0.05, 0.1) is 11.4 Å². The number of rotatable bonds is 2. The fourth-order valence-electron chi connectivity index (χ4n) is 1.59. The van der Waals surface area contributed by atoms with E-state index < -0.39 is 23.5 Å². The first-order chi connectivity index (χ1) is 8.81. The predicted molar refractivity (Wildman–Crippen MR) is 56.4 cm³/mol. The van der Waals surface area contributed by atoms with Gasteiger partial charge >= 0.3 is 6.18 Å². The molecule has 8 heteroatoms. The summed E-state index contributed by atoms with van der Waals surface area (Å²) in [5.41, 5.74) is 3.97. The number of nitrogens with two attached hydrogens (primary N) is 1. The topological polar surface area (TPSA) is 43.8 Å². The fourth-order valence-corrected chi connectivity index (χ4v) is 1.59. The highest BCUT2D eigenvalue weighted by Gasteiger charge is 2.35. The second-order valence-electron chi connectivity index (χ2n) is 3.76. The number of nitrogens with zero attached hydrogens (tertiary/aromatic N) is 2. The Hall–Kier alpha value is -1.96. The number of hydrogen-bond acceptors (Lipinski definition) is 2. The lowest BCUT2D eigenvalue weighted by molar-refractivity contribution is -0.141. The molecule has 0 saturated carbocycles. The Labute approximate surface area is 104 Å². The van der Waals surface area contributed by atoms with E-state index in [1.165, 1.54) is 0 Å². The zero-order valence-electron chi connectivity index (χ0n) is 9.38. The summed E-state index contributed by atoms with van der Waals surface area (Å²) in [6.45, 7) is -0.249. The average molecular weight is 277 g/mol. The third-order valence-electron chi connectivity index (χ3n) is 2.37. The largest absolute Gasteiger partial charge is 0.435 e. The first-order valence-electron chi connectivity index (χ1n) is 5.14. The smallest absolute Gasteiger partial charge is 0.325 e. The van der Waals surface area contributed by atoms with Crippen LogP contribution < -0.4 is 5.73 Å². The van der Waals surface area contributed by atoms with Crippen LogP contribution in [0.25, 0.3) is 5.69 Å². The minimum atomic E-state index is -4.65. The van der Waals surface area contributed by atoms with Crippen molar-refractivity contribution < 1.29 is 22.0 Å². The van der Waals surface area contributed by atoms with Gasteiger partial charge in [0.25, 0.3) is 0 Å². The van der Waals surface area contributed by atoms with E-state index in [0.29, 0.717) is 6.07 Å². The summed E-state index contributed by atoms with van der Waals surface area (Å²) in [6, 6.07) is 3.09. The maximum atomic E-state index is 13.1. The molecule has 1 heterocycles. The number of alkyl halides is 3. The van der Waals surface area contributed by atoms with Crippen molar-refractivity contribution in [2.24, 2.45) is 5.73 Å². The van der Waals surface area contributed by atoms with Gasteiger partial charge < -0.3 is 5.73 Å². The quantitative estimate of drug-likeness (QED) is 0.857. The number of halogens is 5. The Balaban J connectivity index is 2.58. The molecule has 1 aromatic carbocycles. The minimum absolute atomic E-state index is 0.00248. The molecule has 19 heavy (non-hydrogen) atoms. The molecule has 2 rings (SSSR count). The van der Waals surface area contributed by atoms with Crippen LogP contribution in [0.3, 0.4) is 0 Å². The second kappa shape index (κ2) is 4.61. The van der Waals surface area contributed by atoms with Crippen molar-refractivity contribution in [1.29, 1.82) is 0 Å². The van der Waals surface area contributed by atoms with Gasteiger partial charge in [0.2, 0.25) is 0 Å². The lowest BCUT2D eigenvalue weighted by Crippen LogP contribution is -2.09. The summed E-state index contributed by atoms with van der Waals surface area (Å²) in [6.07, 6.45) is -4.65. The van der Waals surface area contributed by atoms with E-state index in [2.05, 4.69) is 5.10 Å². The lowest BCUT2D eigenvalue weighted by Gasteiger charge is -2.06. The molecule has 0 aliphatic heterocycles. The second-order valence-corrected chi connectivity index (χ2v) is 3.76. The molecular weight excluding hydrogens is 269 g/mol. The van der Waals surface area contributed by atoms with Gasteiger partial charge in [-0.2, -0.15) is 18.3 Å². The molecular formula is C11H8F5N3. The number of aromatic nitrogens is 2. The van der Waals surface area contributed by atoms with Gasteiger partial charge in [-0.3, -0.25) is 0 Å². The average Bonchev–Trinajstić information content (AvgIpc) is 2.71. The van der Waals surface area contributed by atoms with Crippen molar-refractivity contribution in [2.75, 3.05) is 0 Å². The van der Waals surface area contributed by atoms with E-state index in [1.807, 2.05) is 0 Å². The molecule has 1 aromatic heterocycles. The van der Waals surface area contributed by atoms with Crippen LogP contribution in [0, 0.1) is 11.6 Å². The van der Waals surface area contributed by atoms with Gasteiger partial charge in [0, 0.05) is 12.6 Å². The fraction of sp³-hybridized carbons (Fsp3) is 0.182. The Morgan fingerprint density at radius 1 is 1.05 bits per heavy atom. The van der Waals surface area contributed by atoms with Crippen LogP contribution in [0.5, 0.6) is 0 Å². The van der Waals surface area contributed by atoms with Crippen LogP contribution in [0.4, 0.5) is 22.0 Å². The molecule has 0 fully saturated rings. The molecule has 3 nitrogen and oxygen atoms in total. The third-order valence-corrected chi connectivity index (χ3v) is 2.37. The van der Waals surface area contributed by atoms with Gasteiger partial charge in [0.15, 0.2) is 5.69 Å². The molecule has 0 radical (unpaired) electrons. The van der Waals surface area contributed by atoms with E-state index in [9.17, 15) is 22.0 Å². The van der Waals surface area contributed by atoms with Gasteiger partial charge in [0.1, 0.15) is 11.6 Å². The number of benzene rings is 1. The Morgan fingerprint density at radius 2 is 1.63 bits per heavy atom. The molecule has 0 unspecified atom stereocenters. The van der Waals surface area contributed by atoms with Crippen molar-refractivity contribution in [1.82, 2.24) is 9.78 Å². The van der Waals surface area contributed by atoms with E-state index in [1.54, 1.807) is 0 Å². The van der Waals surface area contributed by atoms with Crippen LogP contribution in [-0.4, -0.2) is 9.78 Å². The van der Waals surface area contributed by atoms with E-state index in [4.69, 9.17) is 5.73 Å². The van der Waals surface area contributed by atoms with Crippen LogP contribution in [-0.2, 0) is 12.7 Å². The van der Waals surface area contributed by atoms with Gasteiger partial charge in [-0.15, -0.1) is 0 Å². The van der Waals surface area contributed by atoms with Crippen molar-refractivity contribution >= 4 is 0 Å². The van der Waals surface area contributed by atoms with E-state index in [-0.39, 0.29) is 17.9 Å². The standard InChI is InChI=1S/C11H8F5N3/c12-6-1-7(13)3-8(2-6)19-9(5-17)4-10(18-19)11(14,15)16/h1-4H,5,17H2. The zero-order valence-corrected chi connectivity index (χ0v) is 9.38. The van der Waals surface area contributed by atoms with Crippen molar-refractivity contribution in [2.45, 2.75) is 12.7 Å². The van der Waals surface area contributed by atoms with E-state index >= 15 is 0 Å². The summed E-state index contributed by atoms with van der Waals surface area (Å²) >= 11 is 0. The molecule has 102 valence electrons. The molecule has 2 aromatic rings. The summed E-state index contributed by atoms with van der Waals surface area (Å²) in [5, 5.41) is 3.28. The van der Waals surface area contributed by atoms with Gasteiger partial charge in [-0.05, 0) is 18.2 Å². The predicted octanol–water partition coefficient (Wildman–Crippen LogP) is 2.63. The molecule has 0 atom stereocenters. The summed E-state index contributed by atoms with van der Waals surface area (Å²) < 4.78 is 64.5. The highest BCUT2D eigenvalue weighted by atomic mass is 19.4. The van der Waals surface area contributed by atoms with Gasteiger partial charge in [-0.1, -0.05) is 0 Å². The maximum absolute atomic E-state index is 13.1. The molecule has 2 N–H and O–H groups in total. The maximum Gasteiger partial charge on any atom is 0.435 e. The Bertz CT molecular complexity index is 583. The molecule has 0 aliphatic carbocycles. The number of hydrogen-bond donors (Lipinski definition) is 1. The summed E-state index contributed by atoms with van der Waals surface area (Å²) in [5.74, 6) is -1.83. The molecule has 0 saturated heterocycles. The van der Waals surface area contributed by atoms with E-state index in [0.717, 1.165) is 22.9 Å². The molecule has 0 bridgehead atoms. The summed E-state index contributed by atoms with van der Waals surface area (Å²) in [7, 11) is 0. The Morgan fingerprint density at radius 3 is 2.11 bits per heavy atom. The van der Waals surface area contributed by atoms with Gasteiger partial charge in [-0.25, -0.2) is 13.5 Å². The summed E-state index contributed by atoms with van der Waals surface area (Å²) in [4.78, 5) is 0. The first-order valence-corrected chi connectivity index (χ1v) is 5.14. The normalized spacial score (nSPS) is 11.9. The molecule has 0 spiro atoms. The third kappa shape index (κ3) is 2.73.